The van der Waals surface area contributed by atoms with Gasteiger partial charge >= 0.3 is 0 Å². The number of rotatable bonds is 9. The molecule has 1 N–H and O–H groups in total. The summed E-state index contributed by atoms with van der Waals surface area (Å²) in [6.07, 6.45) is 0.692. The van der Waals surface area contributed by atoms with Crippen LogP contribution >= 0.6 is 0 Å². The summed E-state index contributed by atoms with van der Waals surface area (Å²) < 4.78 is 40.3. The molecule has 0 saturated carbocycles. The number of methoxy groups -OCH3 is 2. The summed E-state index contributed by atoms with van der Waals surface area (Å²) in [7, 11) is -0.498. The van der Waals surface area contributed by atoms with Crippen molar-refractivity contribution in [2.45, 2.75) is 57.9 Å². The van der Waals surface area contributed by atoms with Crippen LogP contribution in [0.1, 0.15) is 62.8 Å². The van der Waals surface area contributed by atoms with Crippen LogP contribution in [0.25, 0.3) is 0 Å². The van der Waals surface area contributed by atoms with Gasteiger partial charge in [0.25, 0.3) is 0 Å². The van der Waals surface area contributed by atoms with Gasteiger partial charge in [0.05, 0.1) is 19.1 Å². The molecule has 2 aromatic carbocycles. The number of ether oxygens (including phenoxy) is 2. The fraction of sp³-hybridized carbons (Fsp3) is 0.478. The highest BCUT2D eigenvalue weighted by Crippen LogP contribution is 2.33. The van der Waals surface area contributed by atoms with Crippen LogP contribution in [0.15, 0.2) is 41.3 Å². The van der Waals surface area contributed by atoms with Crippen LogP contribution in [0.3, 0.4) is 0 Å². The maximum Gasteiger partial charge on any atom is 0.241 e. The summed E-state index contributed by atoms with van der Waals surface area (Å²) >= 11 is 0. The Morgan fingerprint density at radius 3 is 2.07 bits per heavy atom. The molecule has 1 unspecified atom stereocenters. The Morgan fingerprint density at radius 2 is 1.59 bits per heavy atom. The lowest BCUT2D eigenvalue weighted by Gasteiger charge is -2.23. The van der Waals surface area contributed by atoms with Crippen molar-refractivity contribution in [2.75, 3.05) is 14.2 Å². The Balaban J connectivity index is 2.45. The molecular formula is C23H33NO4S. The fourth-order valence-corrected chi connectivity index (χ4v) is 4.90. The van der Waals surface area contributed by atoms with E-state index in [0.717, 1.165) is 16.9 Å². The molecule has 5 nitrogen and oxygen atoms in total. The lowest BCUT2D eigenvalue weighted by Crippen LogP contribution is -2.30. The van der Waals surface area contributed by atoms with E-state index in [0.29, 0.717) is 28.5 Å². The standard InChI is InChI=1S/C23H33NO4S/c1-15(2)12-21(18-8-10-19(27-6)11-9-18)24-29(25,26)23-14-20(16(3)4)22(28-7)13-17(23)5/h8-11,13-16,21,24H,12H2,1-7H3. The van der Waals surface area contributed by atoms with Gasteiger partial charge < -0.3 is 9.47 Å². The number of sulfonamides is 1. The molecule has 0 aromatic heterocycles. The minimum Gasteiger partial charge on any atom is -0.497 e. The van der Waals surface area contributed by atoms with E-state index in [1.54, 1.807) is 33.3 Å². The highest BCUT2D eigenvalue weighted by atomic mass is 32.2. The molecule has 0 amide bonds. The van der Waals surface area contributed by atoms with Crippen molar-refractivity contribution in [3.63, 3.8) is 0 Å². The minimum absolute atomic E-state index is 0.146. The van der Waals surface area contributed by atoms with Crippen molar-refractivity contribution in [3.05, 3.63) is 53.1 Å². The summed E-state index contributed by atoms with van der Waals surface area (Å²) in [5.74, 6) is 1.93. The van der Waals surface area contributed by atoms with Gasteiger partial charge in [-0.3, -0.25) is 0 Å². The molecule has 160 valence electrons. The zero-order chi connectivity index (χ0) is 21.8. The van der Waals surface area contributed by atoms with Gasteiger partial charge in [-0.15, -0.1) is 0 Å². The summed E-state index contributed by atoms with van der Waals surface area (Å²) in [6.45, 7) is 10.0. The molecule has 0 aliphatic heterocycles. The molecule has 0 spiro atoms. The lowest BCUT2D eigenvalue weighted by molar-refractivity contribution is 0.406. The zero-order valence-electron chi connectivity index (χ0n) is 18.4. The molecule has 0 fully saturated rings. The summed E-state index contributed by atoms with van der Waals surface area (Å²) in [4.78, 5) is 0.296. The Bertz CT molecular complexity index is 919. The monoisotopic (exact) mass is 419 g/mol. The third-order valence-corrected chi connectivity index (χ3v) is 6.58. The number of hydrogen-bond acceptors (Lipinski definition) is 4. The smallest absolute Gasteiger partial charge is 0.241 e. The third kappa shape index (κ3) is 5.73. The second-order valence-corrected chi connectivity index (χ2v) is 9.77. The van der Waals surface area contributed by atoms with E-state index in [-0.39, 0.29) is 12.0 Å². The summed E-state index contributed by atoms with van der Waals surface area (Å²) in [5, 5.41) is 0. The Kier molecular flexibility index (Phi) is 7.72. The molecule has 0 saturated heterocycles. The van der Waals surface area contributed by atoms with Gasteiger partial charge in [0.2, 0.25) is 10.0 Å². The molecule has 0 bridgehead atoms. The molecule has 1 atom stereocenters. The van der Waals surface area contributed by atoms with Crippen LogP contribution in [0, 0.1) is 12.8 Å². The molecule has 0 radical (unpaired) electrons. The maximum absolute atomic E-state index is 13.3. The van der Waals surface area contributed by atoms with Gasteiger partial charge in [-0.05, 0) is 66.1 Å². The minimum atomic E-state index is -3.72. The summed E-state index contributed by atoms with van der Waals surface area (Å²) in [5.41, 5.74) is 2.46. The predicted molar refractivity (Wildman–Crippen MR) is 117 cm³/mol. The third-order valence-electron chi connectivity index (χ3n) is 4.96. The SMILES string of the molecule is COc1ccc(C(CC(C)C)NS(=O)(=O)c2cc(C(C)C)c(OC)cc2C)cc1. The van der Waals surface area contributed by atoms with Gasteiger partial charge in [0, 0.05) is 6.04 Å². The number of hydrogen-bond donors (Lipinski definition) is 1. The number of aryl methyl sites for hydroxylation is 1. The molecule has 2 rings (SSSR count). The molecule has 6 heteroatoms. The molecule has 0 aliphatic carbocycles. The molecular weight excluding hydrogens is 386 g/mol. The Hall–Kier alpha value is -2.05. The van der Waals surface area contributed by atoms with Crippen molar-refractivity contribution in [1.29, 1.82) is 0 Å². The van der Waals surface area contributed by atoms with E-state index >= 15 is 0 Å². The van der Waals surface area contributed by atoms with Gasteiger partial charge in [0.1, 0.15) is 11.5 Å². The number of nitrogens with one attached hydrogen (secondary N) is 1. The fourth-order valence-electron chi connectivity index (χ4n) is 3.41. The normalized spacial score (nSPS) is 13.0. The van der Waals surface area contributed by atoms with Gasteiger partial charge in [-0.25, -0.2) is 13.1 Å². The quantitative estimate of drug-likeness (QED) is 0.607. The average Bonchev–Trinajstić information content (AvgIpc) is 2.66. The van der Waals surface area contributed by atoms with Crippen LogP contribution < -0.4 is 14.2 Å². The van der Waals surface area contributed by atoms with E-state index < -0.39 is 10.0 Å². The summed E-state index contributed by atoms with van der Waals surface area (Å²) in [6, 6.07) is 10.7. The van der Waals surface area contributed by atoms with Crippen molar-refractivity contribution in [1.82, 2.24) is 4.72 Å². The molecule has 2 aromatic rings. The van der Waals surface area contributed by atoms with Gasteiger partial charge in [0.15, 0.2) is 0 Å². The molecule has 0 aliphatic rings. The van der Waals surface area contributed by atoms with Crippen molar-refractivity contribution < 1.29 is 17.9 Å². The van der Waals surface area contributed by atoms with Crippen molar-refractivity contribution >= 4 is 10.0 Å². The van der Waals surface area contributed by atoms with Gasteiger partial charge in [-0.1, -0.05) is 39.8 Å². The van der Waals surface area contributed by atoms with E-state index in [9.17, 15) is 8.42 Å². The van der Waals surface area contributed by atoms with Crippen LogP contribution in [0.4, 0.5) is 0 Å². The highest BCUT2D eigenvalue weighted by molar-refractivity contribution is 7.89. The Labute approximate surface area is 175 Å². The van der Waals surface area contributed by atoms with E-state index in [1.807, 2.05) is 38.1 Å². The first kappa shape index (κ1) is 23.2. The van der Waals surface area contributed by atoms with E-state index in [2.05, 4.69) is 18.6 Å². The first-order valence-electron chi connectivity index (χ1n) is 9.93. The van der Waals surface area contributed by atoms with Crippen LogP contribution in [0.5, 0.6) is 11.5 Å². The predicted octanol–water partition coefficient (Wildman–Crippen LogP) is 5.20. The second-order valence-electron chi connectivity index (χ2n) is 8.09. The topological polar surface area (TPSA) is 64.6 Å². The van der Waals surface area contributed by atoms with Crippen LogP contribution in [-0.2, 0) is 10.0 Å². The maximum atomic E-state index is 13.3. The van der Waals surface area contributed by atoms with Crippen LogP contribution in [0.2, 0.25) is 0 Å². The first-order chi connectivity index (χ1) is 13.6. The van der Waals surface area contributed by atoms with E-state index in [4.69, 9.17) is 9.47 Å². The number of benzene rings is 2. The van der Waals surface area contributed by atoms with Crippen molar-refractivity contribution in [2.24, 2.45) is 5.92 Å². The van der Waals surface area contributed by atoms with Gasteiger partial charge in [-0.2, -0.15) is 0 Å². The van der Waals surface area contributed by atoms with E-state index in [1.165, 1.54) is 0 Å². The molecule has 29 heavy (non-hydrogen) atoms. The average molecular weight is 420 g/mol. The highest BCUT2D eigenvalue weighted by Gasteiger charge is 2.25. The zero-order valence-corrected chi connectivity index (χ0v) is 19.3. The Morgan fingerprint density at radius 1 is 0.966 bits per heavy atom. The lowest BCUT2D eigenvalue weighted by atomic mass is 9.98. The first-order valence-corrected chi connectivity index (χ1v) is 11.4. The van der Waals surface area contributed by atoms with Crippen LogP contribution in [-0.4, -0.2) is 22.6 Å². The molecule has 0 heterocycles. The largest absolute Gasteiger partial charge is 0.497 e. The van der Waals surface area contributed by atoms with Crippen molar-refractivity contribution in [3.8, 4) is 11.5 Å². The second kappa shape index (κ2) is 9.63.